The largest absolute Gasteiger partial charge is 0.315 e. The zero-order chi connectivity index (χ0) is 10.5. The lowest BCUT2D eigenvalue weighted by molar-refractivity contribution is 0.112. The number of nitrogens with one attached hydrogen (secondary N) is 1. The number of rotatable bonds is 3. The molecule has 2 rings (SSSR count). The molecule has 2 fully saturated rings. The van der Waals surface area contributed by atoms with Crippen molar-refractivity contribution in [3.05, 3.63) is 0 Å². The Morgan fingerprint density at radius 3 is 2.60 bits per heavy atom. The molecule has 0 spiro atoms. The quantitative estimate of drug-likeness (QED) is 0.795. The number of thioether (sulfide) groups is 1. The van der Waals surface area contributed by atoms with Gasteiger partial charge in [-0.15, -0.1) is 0 Å². The molecule has 15 heavy (non-hydrogen) atoms. The van der Waals surface area contributed by atoms with Crippen LogP contribution in [-0.2, 0) is 0 Å². The Bertz CT molecular complexity index is 156. The van der Waals surface area contributed by atoms with Gasteiger partial charge in [0, 0.05) is 18.6 Å². The fraction of sp³-hybridized carbons (Fsp3) is 1.00. The Labute approximate surface area is 98.2 Å². The third-order valence-electron chi connectivity index (χ3n) is 3.76. The number of piperidine rings is 1. The molecule has 3 heteroatoms. The second-order valence-electron chi connectivity index (χ2n) is 4.67. The van der Waals surface area contributed by atoms with E-state index in [9.17, 15) is 0 Å². The van der Waals surface area contributed by atoms with Crippen molar-refractivity contribution in [3.8, 4) is 0 Å². The predicted molar refractivity (Wildman–Crippen MR) is 68.6 cm³/mol. The molecule has 2 heterocycles. The highest BCUT2D eigenvalue weighted by atomic mass is 32.2. The van der Waals surface area contributed by atoms with Gasteiger partial charge in [0.25, 0.3) is 0 Å². The highest BCUT2D eigenvalue weighted by Gasteiger charge is 2.27. The normalized spacial score (nSPS) is 29.6. The highest BCUT2D eigenvalue weighted by molar-refractivity contribution is 7.99. The summed E-state index contributed by atoms with van der Waals surface area (Å²) < 4.78 is 0. The molecular formula is C12H24N2S. The van der Waals surface area contributed by atoms with Gasteiger partial charge in [-0.1, -0.05) is 6.92 Å². The van der Waals surface area contributed by atoms with Crippen LogP contribution in [0, 0.1) is 0 Å². The van der Waals surface area contributed by atoms with Gasteiger partial charge >= 0.3 is 0 Å². The molecule has 1 unspecified atom stereocenters. The lowest BCUT2D eigenvalue weighted by Gasteiger charge is -2.41. The van der Waals surface area contributed by atoms with Crippen LogP contribution < -0.4 is 5.32 Å². The average molecular weight is 228 g/mol. The first kappa shape index (κ1) is 11.7. The Morgan fingerprint density at radius 2 is 2.00 bits per heavy atom. The van der Waals surface area contributed by atoms with Crippen LogP contribution in [0.25, 0.3) is 0 Å². The summed E-state index contributed by atoms with van der Waals surface area (Å²) in [6.07, 6.45) is 5.59. The van der Waals surface area contributed by atoms with Crippen LogP contribution in [0.2, 0.25) is 0 Å². The molecule has 88 valence electrons. The molecule has 0 radical (unpaired) electrons. The molecule has 2 aliphatic heterocycles. The first-order chi connectivity index (χ1) is 7.42. The monoisotopic (exact) mass is 228 g/mol. The molecule has 1 N–H and O–H groups in total. The second-order valence-corrected chi connectivity index (χ2v) is 5.90. The summed E-state index contributed by atoms with van der Waals surface area (Å²) >= 11 is 2.13. The van der Waals surface area contributed by atoms with E-state index in [0.29, 0.717) is 0 Å². The van der Waals surface area contributed by atoms with Crippen molar-refractivity contribution < 1.29 is 0 Å². The lowest BCUT2D eigenvalue weighted by Crippen LogP contribution is -2.51. The summed E-state index contributed by atoms with van der Waals surface area (Å²) in [6, 6.07) is 1.69. The first-order valence-electron chi connectivity index (χ1n) is 6.46. The molecule has 0 bridgehead atoms. The molecule has 0 aromatic rings. The fourth-order valence-electron chi connectivity index (χ4n) is 2.95. The molecule has 0 aromatic heterocycles. The van der Waals surface area contributed by atoms with Crippen LogP contribution >= 0.6 is 11.8 Å². The van der Waals surface area contributed by atoms with E-state index in [0.717, 1.165) is 12.1 Å². The predicted octanol–water partition coefficient (Wildman–Crippen LogP) is 1.96. The summed E-state index contributed by atoms with van der Waals surface area (Å²) in [7, 11) is 0. The van der Waals surface area contributed by atoms with Crippen LogP contribution in [0.5, 0.6) is 0 Å². The van der Waals surface area contributed by atoms with E-state index in [1.807, 2.05) is 0 Å². The van der Waals surface area contributed by atoms with Crippen molar-refractivity contribution in [2.75, 3.05) is 31.1 Å². The van der Waals surface area contributed by atoms with Gasteiger partial charge in [0.1, 0.15) is 0 Å². The number of nitrogens with zero attached hydrogens (tertiary/aromatic N) is 1. The second kappa shape index (κ2) is 6.12. The van der Waals surface area contributed by atoms with Gasteiger partial charge in [-0.3, -0.25) is 4.90 Å². The van der Waals surface area contributed by atoms with E-state index in [-0.39, 0.29) is 0 Å². The molecule has 2 nitrogen and oxygen atoms in total. The van der Waals surface area contributed by atoms with E-state index < -0.39 is 0 Å². The SMILES string of the molecule is CCN(C1CCSCC1)C1CCCNC1. The van der Waals surface area contributed by atoms with Gasteiger partial charge in [0.15, 0.2) is 0 Å². The van der Waals surface area contributed by atoms with Crippen molar-refractivity contribution in [1.29, 1.82) is 0 Å². The summed E-state index contributed by atoms with van der Waals surface area (Å²) in [4.78, 5) is 2.77. The number of likely N-dealkylation sites (N-methyl/N-ethyl adjacent to an activating group) is 1. The van der Waals surface area contributed by atoms with E-state index >= 15 is 0 Å². The zero-order valence-corrected chi connectivity index (χ0v) is 10.7. The van der Waals surface area contributed by atoms with Gasteiger partial charge in [-0.05, 0) is 50.3 Å². The molecule has 0 saturated carbocycles. The Hall–Kier alpha value is 0.270. The number of hydrogen-bond donors (Lipinski definition) is 1. The van der Waals surface area contributed by atoms with E-state index in [1.165, 1.54) is 56.8 Å². The molecule has 1 atom stereocenters. The minimum absolute atomic E-state index is 0.817. The van der Waals surface area contributed by atoms with Gasteiger partial charge < -0.3 is 5.32 Å². The first-order valence-corrected chi connectivity index (χ1v) is 7.61. The fourth-order valence-corrected chi connectivity index (χ4v) is 4.03. The summed E-state index contributed by atoms with van der Waals surface area (Å²) in [6.45, 7) is 6.02. The highest BCUT2D eigenvalue weighted by Crippen LogP contribution is 2.24. The van der Waals surface area contributed by atoms with Gasteiger partial charge in [-0.2, -0.15) is 11.8 Å². The molecular weight excluding hydrogens is 204 g/mol. The van der Waals surface area contributed by atoms with Crippen LogP contribution in [0.15, 0.2) is 0 Å². The smallest absolute Gasteiger partial charge is 0.0223 e. The third-order valence-corrected chi connectivity index (χ3v) is 4.81. The molecule has 2 saturated heterocycles. The summed E-state index contributed by atoms with van der Waals surface area (Å²) in [5.74, 6) is 2.75. The number of hydrogen-bond acceptors (Lipinski definition) is 3. The average Bonchev–Trinajstić information content (AvgIpc) is 2.33. The maximum Gasteiger partial charge on any atom is 0.0223 e. The topological polar surface area (TPSA) is 15.3 Å². The van der Waals surface area contributed by atoms with Gasteiger partial charge in [0.2, 0.25) is 0 Å². The minimum Gasteiger partial charge on any atom is -0.315 e. The van der Waals surface area contributed by atoms with Crippen molar-refractivity contribution in [2.45, 2.75) is 44.7 Å². The third kappa shape index (κ3) is 3.11. The molecule has 0 aromatic carbocycles. The van der Waals surface area contributed by atoms with Crippen LogP contribution in [0.1, 0.15) is 32.6 Å². The van der Waals surface area contributed by atoms with Crippen LogP contribution in [0.4, 0.5) is 0 Å². The van der Waals surface area contributed by atoms with E-state index in [2.05, 4.69) is 28.9 Å². The van der Waals surface area contributed by atoms with Crippen molar-refractivity contribution in [2.24, 2.45) is 0 Å². The van der Waals surface area contributed by atoms with Crippen molar-refractivity contribution in [3.63, 3.8) is 0 Å². The molecule has 0 aliphatic carbocycles. The summed E-state index contributed by atoms with van der Waals surface area (Å²) in [5.41, 5.74) is 0. The Kier molecular flexibility index (Phi) is 4.79. The Morgan fingerprint density at radius 1 is 1.20 bits per heavy atom. The lowest BCUT2D eigenvalue weighted by atomic mass is 10.0. The van der Waals surface area contributed by atoms with Gasteiger partial charge in [-0.25, -0.2) is 0 Å². The Balaban J connectivity index is 1.88. The van der Waals surface area contributed by atoms with Crippen LogP contribution in [-0.4, -0.2) is 48.1 Å². The van der Waals surface area contributed by atoms with Crippen LogP contribution in [0.3, 0.4) is 0 Å². The van der Waals surface area contributed by atoms with Crippen molar-refractivity contribution in [1.82, 2.24) is 10.2 Å². The van der Waals surface area contributed by atoms with E-state index in [1.54, 1.807) is 0 Å². The maximum absolute atomic E-state index is 3.54. The summed E-state index contributed by atoms with van der Waals surface area (Å²) in [5, 5.41) is 3.54. The maximum atomic E-state index is 3.54. The van der Waals surface area contributed by atoms with E-state index in [4.69, 9.17) is 0 Å². The van der Waals surface area contributed by atoms with Crippen molar-refractivity contribution >= 4 is 11.8 Å². The van der Waals surface area contributed by atoms with Gasteiger partial charge in [0.05, 0.1) is 0 Å². The standard InChI is InChI=1S/C12H24N2S/c1-2-14(11-5-8-15-9-6-11)12-4-3-7-13-10-12/h11-13H,2-10H2,1H3. The molecule has 0 amide bonds. The zero-order valence-electron chi connectivity index (χ0n) is 9.87. The molecule has 2 aliphatic rings. The minimum atomic E-state index is 0.817.